The molecule has 0 aliphatic carbocycles. The fraction of sp³-hybridized carbons (Fsp3) is 0.0526. The van der Waals surface area contributed by atoms with Crippen molar-refractivity contribution in [2.75, 3.05) is 5.32 Å². The lowest BCUT2D eigenvalue weighted by atomic mass is 10.1. The number of rotatable bonds is 4. The normalized spacial score (nSPS) is 10.2. The Labute approximate surface area is 149 Å². The predicted octanol–water partition coefficient (Wildman–Crippen LogP) is 2.91. The Kier molecular flexibility index (Phi) is 4.50. The first kappa shape index (κ1) is 16.9. The molecular weight excluding hydrogens is 332 g/mol. The molecule has 7 heteroatoms. The van der Waals surface area contributed by atoms with Crippen molar-refractivity contribution in [2.24, 2.45) is 7.05 Å². The van der Waals surface area contributed by atoms with Crippen molar-refractivity contribution in [3.05, 3.63) is 71.7 Å². The monoisotopic (exact) mass is 346 g/mol. The average molecular weight is 346 g/mol. The van der Waals surface area contributed by atoms with E-state index in [0.717, 1.165) is 11.3 Å². The van der Waals surface area contributed by atoms with E-state index in [-0.39, 0.29) is 16.8 Å². The van der Waals surface area contributed by atoms with Crippen LogP contribution in [0.15, 0.2) is 55.0 Å². The Morgan fingerprint density at radius 2 is 2.04 bits per heavy atom. The fourth-order valence-corrected chi connectivity index (χ4v) is 2.56. The minimum atomic E-state index is -1.23. The van der Waals surface area contributed by atoms with Crippen molar-refractivity contribution in [3.8, 4) is 17.3 Å². The molecule has 0 atom stereocenters. The van der Waals surface area contributed by atoms with Crippen molar-refractivity contribution < 1.29 is 14.7 Å². The van der Waals surface area contributed by atoms with Crippen LogP contribution in [-0.4, -0.2) is 26.5 Å². The summed E-state index contributed by atoms with van der Waals surface area (Å²) in [5.74, 6) is -1.71. The number of carboxylic acids is 1. The molecule has 3 rings (SSSR count). The molecule has 0 saturated heterocycles. The van der Waals surface area contributed by atoms with Gasteiger partial charge in [-0.2, -0.15) is 5.26 Å². The Morgan fingerprint density at radius 3 is 2.69 bits per heavy atom. The molecule has 0 radical (unpaired) electrons. The molecule has 1 aromatic carbocycles. The van der Waals surface area contributed by atoms with Gasteiger partial charge in [0.05, 0.1) is 28.4 Å². The van der Waals surface area contributed by atoms with E-state index in [0.29, 0.717) is 5.56 Å². The number of anilines is 1. The molecule has 2 aromatic heterocycles. The van der Waals surface area contributed by atoms with Crippen LogP contribution in [-0.2, 0) is 7.05 Å². The van der Waals surface area contributed by atoms with Crippen LogP contribution in [0.3, 0.4) is 0 Å². The highest BCUT2D eigenvalue weighted by atomic mass is 16.4. The number of nitrogens with zero attached hydrogens (tertiary/aromatic N) is 3. The highest BCUT2D eigenvalue weighted by Gasteiger charge is 2.15. The number of benzene rings is 1. The molecule has 2 N–H and O–H groups in total. The number of aryl methyl sites for hydroxylation is 1. The number of carbonyl (C=O) groups is 2. The van der Waals surface area contributed by atoms with Crippen LogP contribution < -0.4 is 5.32 Å². The largest absolute Gasteiger partial charge is 0.478 e. The number of aromatic nitrogens is 2. The first-order valence-corrected chi connectivity index (χ1v) is 7.65. The molecule has 3 aromatic rings. The zero-order valence-electron chi connectivity index (χ0n) is 13.8. The number of carboxylic acid groups (broad SMARTS) is 1. The fourth-order valence-electron chi connectivity index (χ4n) is 2.56. The lowest BCUT2D eigenvalue weighted by Crippen LogP contribution is -2.15. The van der Waals surface area contributed by atoms with Crippen molar-refractivity contribution in [1.29, 1.82) is 5.26 Å². The standard InChI is InChI=1S/C19H14N4O3/c1-23-6-2-3-17(23)13-8-14(11-21-10-13)18(24)22-16-5-4-12(9-20)7-15(16)19(25)26/h2-8,10-11H,1H3,(H,22,24)(H,25,26). The molecule has 0 fully saturated rings. The van der Waals surface area contributed by atoms with Crippen LogP contribution in [0.2, 0.25) is 0 Å². The summed E-state index contributed by atoms with van der Waals surface area (Å²) < 4.78 is 1.90. The summed E-state index contributed by atoms with van der Waals surface area (Å²) in [7, 11) is 1.89. The molecule has 0 unspecified atom stereocenters. The van der Waals surface area contributed by atoms with Gasteiger partial charge in [0.25, 0.3) is 5.91 Å². The van der Waals surface area contributed by atoms with E-state index in [1.165, 1.54) is 24.4 Å². The van der Waals surface area contributed by atoms with E-state index in [1.807, 2.05) is 36.0 Å². The van der Waals surface area contributed by atoms with Crippen LogP contribution in [0.1, 0.15) is 26.3 Å². The van der Waals surface area contributed by atoms with Crippen LogP contribution >= 0.6 is 0 Å². The highest BCUT2D eigenvalue weighted by Crippen LogP contribution is 2.21. The zero-order chi connectivity index (χ0) is 18.7. The molecule has 0 aliphatic rings. The van der Waals surface area contributed by atoms with E-state index in [1.54, 1.807) is 12.3 Å². The maximum absolute atomic E-state index is 12.5. The third-order valence-corrected chi connectivity index (χ3v) is 3.87. The molecule has 0 spiro atoms. The Hall–Kier alpha value is -3.92. The summed E-state index contributed by atoms with van der Waals surface area (Å²) in [6, 6.07) is 11.4. The van der Waals surface area contributed by atoms with Gasteiger partial charge in [-0.25, -0.2) is 4.79 Å². The Balaban J connectivity index is 1.91. The average Bonchev–Trinajstić information content (AvgIpc) is 3.08. The van der Waals surface area contributed by atoms with Gasteiger partial charge in [-0.15, -0.1) is 0 Å². The summed E-state index contributed by atoms with van der Waals surface area (Å²) in [6.45, 7) is 0. The first-order chi connectivity index (χ1) is 12.5. The molecule has 2 heterocycles. The molecule has 128 valence electrons. The number of nitrogens with one attached hydrogen (secondary N) is 1. The minimum absolute atomic E-state index is 0.116. The van der Waals surface area contributed by atoms with Gasteiger partial charge in [0.15, 0.2) is 0 Å². The number of amides is 1. The summed E-state index contributed by atoms with van der Waals surface area (Å²) in [5, 5.41) is 20.8. The molecule has 26 heavy (non-hydrogen) atoms. The molecule has 1 amide bonds. The topological polar surface area (TPSA) is 108 Å². The lowest BCUT2D eigenvalue weighted by Gasteiger charge is -2.10. The van der Waals surface area contributed by atoms with Crippen LogP contribution in [0.5, 0.6) is 0 Å². The van der Waals surface area contributed by atoms with E-state index < -0.39 is 11.9 Å². The molecular formula is C19H14N4O3. The number of aromatic carboxylic acids is 1. The van der Waals surface area contributed by atoms with Gasteiger partial charge >= 0.3 is 5.97 Å². The molecule has 0 aliphatic heterocycles. The van der Waals surface area contributed by atoms with Gasteiger partial charge in [0, 0.05) is 36.9 Å². The van der Waals surface area contributed by atoms with Gasteiger partial charge in [0.2, 0.25) is 0 Å². The van der Waals surface area contributed by atoms with E-state index >= 15 is 0 Å². The third-order valence-electron chi connectivity index (χ3n) is 3.87. The third kappa shape index (κ3) is 3.30. The summed E-state index contributed by atoms with van der Waals surface area (Å²) in [6.07, 6.45) is 4.94. The van der Waals surface area contributed by atoms with E-state index in [2.05, 4.69) is 10.3 Å². The number of carbonyl (C=O) groups excluding carboxylic acids is 1. The number of nitriles is 1. The van der Waals surface area contributed by atoms with Crippen LogP contribution in [0.4, 0.5) is 5.69 Å². The predicted molar refractivity (Wildman–Crippen MR) is 94.7 cm³/mol. The van der Waals surface area contributed by atoms with Gasteiger partial charge in [-0.05, 0) is 36.4 Å². The highest BCUT2D eigenvalue weighted by molar-refractivity contribution is 6.08. The van der Waals surface area contributed by atoms with Crippen molar-refractivity contribution in [3.63, 3.8) is 0 Å². The number of hydrogen-bond donors (Lipinski definition) is 2. The van der Waals surface area contributed by atoms with Crippen molar-refractivity contribution in [2.45, 2.75) is 0 Å². The number of pyridine rings is 1. The van der Waals surface area contributed by atoms with Gasteiger partial charge in [-0.1, -0.05) is 0 Å². The Bertz CT molecular complexity index is 1050. The van der Waals surface area contributed by atoms with Crippen LogP contribution in [0, 0.1) is 11.3 Å². The molecule has 0 bridgehead atoms. The quantitative estimate of drug-likeness (QED) is 0.755. The van der Waals surface area contributed by atoms with Gasteiger partial charge in [-0.3, -0.25) is 9.78 Å². The van der Waals surface area contributed by atoms with Crippen molar-refractivity contribution >= 4 is 17.6 Å². The summed E-state index contributed by atoms with van der Waals surface area (Å²) >= 11 is 0. The molecule has 7 nitrogen and oxygen atoms in total. The minimum Gasteiger partial charge on any atom is -0.478 e. The lowest BCUT2D eigenvalue weighted by molar-refractivity contribution is 0.0698. The second-order valence-corrected chi connectivity index (χ2v) is 5.60. The van der Waals surface area contributed by atoms with Gasteiger partial charge in [0.1, 0.15) is 0 Å². The summed E-state index contributed by atoms with van der Waals surface area (Å²) in [5.41, 5.74) is 2.13. The molecule has 0 saturated carbocycles. The smallest absolute Gasteiger partial charge is 0.337 e. The first-order valence-electron chi connectivity index (χ1n) is 7.65. The van der Waals surface area contributed by atoms with Crippen molar-refractivity contribution in [1.82, 2.24) is 9.55 Å². The second-order valence-electron chi connectivity index (χ2n) is 5.60. The van der Waals surface area contributed by atoms with E-state index in [9.17, 15) is 14.7 Å². The maximum atomic E-state index is 12.5. The Morgan fingerprint density at radius 1 is 1.23 bits per heavy atom. The SMILES string of the molecule is Cn1cccc1-c1cncc(C(=O)Nc2ccc(C#N)cc2C(=O)O)c1. The van der Waals surface area contributed by atoms with E-state index in [4.69, 9.17) is 5.26 Å². The zero-order valence-corrected chi connectivity index (χ0v) is 13.8. The summed E-state index contributed by atoms with van der Waals surface area (Å²) in [4.78, 5) is 28.0. The maximum Gasteiger partial charge on any atom is 0.337 e. The van der Waals surface area contributed by atoms with Gasteiger partial charge < -0.3 is 15.0 Å². The second kappa shape index (κ2) is 6.91. The van der Waals surface area contributed by atoms with Crippen LogP contribution in [0.25, 0.3) is 11.3 Å². The number of hydrogen-bond acceptors (Lipinski definition) is 4.